The predicted octanol–water partition coefficient (Wildman–Crippen LogP) is 2.27. The molecule has 2 aromatic rings. The maximum Gasteiger partial charge on any atom is 0.144 e. The average molecular weight is 283 g/mol. The molecule has 0 aliphatic heterocycles. The quantitative estimate of drug-likeness (QED) is 0.664. The second-order valence-electron chi connectivity index (χ2n) is 4.86. The monoisotopic (exact) mass is 283 g/mol. The minimum atomic E-state index is 0.362. The van der Waals surface area contributed by atoms with E-state index < -0.39 is 0 Å². The van der Waals surface area contributed by atoms with Crippen molar-refractivity contribution in [3.8, 4) is 0 Å². The van der Waals surface area contributed by atoms with Crippen LogP contribution in [0.3, 0.4) is 0 Å². The van der Waals surface area contributed by atoms with Crippen LogP contribution in [-0.4, -0.2) is 23.3 Å². The Morgan fingerprint density at radius 1 is 1.33 bits per heavy atom. The molecule has 0 bridgehead atoms. The second kappa shape index (κ2) is 5.78. The van der Waals surface area contributed by atoms with Crippen molar-refractivity contribution in [3.05, 3.63) is 41.2 Å². The summed E-state index contributed by atoms with van der Waals surface area (Å²) in [6.45, 7) is 0. The Balaban J connectivity index is 1.97. The van der Waals surface area contributed by atoms with E-state index in [4.69, 9.17) is 10.6 Å². The van der Waals surface area contributed by atoms with Crippen LogP contribution in [0.4, 0.5) is 17.3 Å². The molecule has 3 N–H and O–H groups in total. The van der Waals surface area contributed by atoms with Crippen LogP contribution in [0, 0.1) is 0 Å². The maximum atomic E-state index is 5.89. The minimum absolute atomic E-state index is 0.362. The molecule has 0 saturated carbocycles. The molecule has 1 aliphatic rings. The fourth-order valence-corrected chi connectivity index (χ4v) is 2.61. The highest BCUT2D eigenvalue weighted by molar-refractivity contribution is 5.92. The number of hydrogen-bond acceptors (Lipinski definition) is 6. The number of nitrogens with two attached hydrogens (primary N) is 1. The molecule has 0 saturated heterocycles. The van der Waals surface area contributed by atoms with Crippen LogP contribution in [0.5, 0.6) is 0 Å². The second-order valence-corrected chi connectivity index (χ2v) is 4.86. The van der Waals surface area contributed by atoms with E-state index in [1.807, 2.05) is 0 Å². The third-order valence-electron chi connectivity index (χ3n) is 3.60. The van der Waals surface area contributed by atoms with Crippen LogP contribution in [0.1, 0.15) is 23.1 Å². The zero-order chi connectivity index (χ0) is 14.7. The van der Waals surface area contributed by atoms with Gasteiger partial charge in [-0.2, -0.15) is 0 Å². The molecule has 3 rings (SSSR count). The summed E-state index contributed by atoms with van der Waals surface area (Å²) in [6.07, 6.45) is 6.36. The number of rotatable bonds is 4. The zero-order valence-electron chi connectivity index (χ0n) is 11.8. The van der Waals surface area contributed by atoms with Gasteiger partial charge < -0.3 is 15.9 Å². The van der Waals surface area contributed by atoms with Crippen molar-refractivity contribution in [1.82, 2.24) is 9.97 Å². The molecule has 6 heteroatoms. The summed E-state index contributed by atoms with van der Waals surface area (Å²) >= 11 is 0. The Morgan fingerprint density at radius 2 is 2.24 bits per heavy atom. The number of nitrogens with zero attached hydrogens (tertiary/aromatic N) is 3. The maximum absolute atomic E-state index is 5.89. The van der Waals surface area contributed by atoms with Crippen LogP contribution in [0.2, 0.25) is 0 Å². The number of oxime groups is 1. The lowest BCUT2D eigenvalue weighted by molar-refractivity contribution is 0.215. The van der Waals surface area contributed by atoms with Gasteiger partial charge in [-0.05, 0) is 36.5 Å². The highest BCUT2D eigenvalue weighted by atomic mass is 16.6. The number of nitrogens with one attached hydrogen (secondary N) is 1. The normalized spacial score (nSPS) is 13.4. The molecule has 6 nitrogen and oxygen atoms in total. The molecule has 0 radical (unpaired) electrons. The van der Waals surface area contributed by atoms with Gasteiger partial charge in [-0.25, -0.2) is 9.97 Å². The molecular weight excluding hydrogens is 266 g/mol. The van der Waals surface area contributed by atoms with Gasteiger partial charge in [0.1, 0.15) is 25.1 Å². The van der Waals surface area contributed by atoms with Gasteiger partial charge in [-0.3, -0.25) is 0 Å². The van der Waals surface area contributed by atoms with E-state index >= 15 is 0 Å². The predicted molar refractivity (Wildman–Crippen MR) is 82.8 cm³/mol. The number of hydrogen-bond donors (Lipinski definition) is 2. The van der Waals surface area contributed by atoms with E-state index in [0.717, 1.165) is 18.5 Å². The van der Waals surface area contributed by atoms with Gasteiger partial charge >= 0.3 is 0 Å². The number of aromatic nitrogens is 2. The van der Waals surface area contributed by atoms with Crippen LogP contribution in [0.25, 0.3) is 0 Å². The molecule has 1 aliphatic carbocycles. The first-order chi connectivity index (χ1) is 10.3. The van der Waals surface area contributed by atoms with Gasteiger partial charge in [0.15, 0.2) is 0 Å². The minimum Gasteiger partial charge on any atom is -0.399 e. The largest absolute Gasteiger partial charge is 0.399 e. The van der Waals surface area contributed by atoms with E-state index in [0.29, 0.717) is 17.2 Å². The van der Waals surface area contributed by atoms with Gasteiger partial charge in [0.2, 0.25) is 0 Å². The lowest BCUT2D eigenvalue weighted by Gasteiger charge is -2.13. The third kappa shape index (κ3) is 2.65. The Morgan fingerprint density at radius 3 is 3.10 bits per heavy atom. The highest BCUT2D eigenvalue weighted by Gasteiger charge is 2.16. The molecular formula is C15H17N5O. The Kier molecular flexibility index (Phi) is 3.68. The Labute approximate surface area is 123 Å². The van der Waals surface area contributed by atoms with Gasteiger partial charge in [0, 0.05) is 5.69 Å². The summed E-state index contributed by atoms with van der Waals surface area (Å²) in [4.78, 5) is 13.0. The number of benzene rings is 1. The van der Waals surface area contributed by atoms with Crippen molar-refractivity contribution in [3.63, 3.8) is 0 Å². The molecule has 1 heterocycles. The number of anilines is 3. The molecule has 1 aromatic carbocycles. The number of fused-ring (bicyclic) bond motifs is 1. The summed E-state index contributed by atoms with van der Waals surface area (Å²) in [5.74, 6) is 0.990. The van der Waals surface area contributed by atoms with Crippen molar-refractivity contribution in [2.24, 2.45) is 5.16 Å². The summed E-state index contributed by atoms with van der Waals surface area (Å²) in [6, 6.07) is 6.29. The lowest BCUT2D eigenvalue weighted by atomic mass is 10.1. The Hall–Kier alpha value is -2.63. The number of nitrogen functional groups attached to an aromatic ring is 1. The van der Waals surface area contributed by atoms with E-state index in [2.05, 4.69) is 38.6 Å². The zero-order valence-corrected chi connectivity index (χ0v) is 11.8. The summed E-state index contributed by atoms with van der Waals surface area (Å²) in [7, 11) is 1.48. The van der Waals surface area contributed by atoms with Crippen LogP contribution < -0.4 is 11.1 Å². The summed E-state index contributed by atoms with van der Waals surface area (Å²) < 4.78 is 0. The fourth-order valence-electron chi connectivity index (χ4n) is 2.61. The van der Waals surface area contributed by atoms with Crippen LogP contribution in [-0.2, 0) is 17.7 Å². The van der Waals surface area contributed by atoms with E-state index in [-0.39, 0.29) is 0 Å². The van der Waals surface area contributed by atoms with Gasteiger partial charge in [0.25, 0.3) is 0 Å². The van der Waals surface area contributed by atoms with Crippen molar-refractivity contribution in [2.45, 2.75) is 19.3 Å². The molecule has 0 unspecified atom stereocenters. The van der Waals surface area contributed by atoms with Gasteiger partial charge in [-0.1, -0.05) is 17.3 Å². The van der Waals surface area contributed by atoms with Gasteiger partial charge in [0.05, 0.1) is 11.8 Å². The number of aryl methyl sites for hydroxylation is 1. The molecule has 1 aromatic heterocycles. The van der Waals surface area contributed by atoms with Crippen molar-refractivity contribution in [1.29, 1.82) is 0 Å². The third-order valence-corrected chi connectivity index (χ3v) is 3.60. The smallest absolute Gasteiger partial charge is 0.144 e. The fraction of sp³-hybridized carbons (Fsp3) is 0.267. The van der Waals surface area contributed by atoms with Crippen molar-refractivity contribution < 1.29 is 4.84 Å². The summed E-state index contributed by atoms with van der Waals surface area (Å²) in [5.41, 5.74) is 10.3. The van der Waals surface area contributed by atoms with E-state index in [1.165, 1.54) is 37.2 Å². The van der Waals surface area contributed by atoms with E-state index in [1.54, 1.807) is 0 Å². The highest BCUT2D eigenvalue weighted by Crippen LogP contribution is 2.31. The molecule has 21 heavy (non-hydrogen) atoms. The standard InChI is InChI=1S/C15H17N5O/c1-21-19-8-12-14(16)17-9-18-15(12)20-13-7-3-5-10-4-2-6-11(10)13/h3,5,7-9H,2,4,6H2,1H3,(H3,16,17,18,20). The average Bonchev–Trinajstić information content (AvgIpc) is 2.96. The molecule has 108 valence electrons. The van der Waals surface area contributed by atoms with Crippen LogP contribution >= 0.6 is 0 Å². The van der Waals surface area contributed by atoms with Crippen molar-refractivity contribution >= 4 is 23.5 Å². The first kappa shape index (κ1) is 13.4. The molecule has 0 spiro atoms. The summed E-state index contributed by atoms with van der Waals surface area (Å²) in [5, 5.41) is 7.10. The van der Waals surface area contributed by atoms with Crippen molar-refractivity contribution in [2.75, 3.05) is 18.2 Å². The topological polar surface area (TPSA) is 85.4 Å². The Bertz CT molecular complexity index is 684. The molecule has 0 fully saturated rings. The first-order valence-corrected chi connectivity index (χ1v) is 6.84. The van der Waals surface area contributed by atoms with E-state index in [9.17, 15) is 0 Å². The van der Waals surface area contributed by atoms with Gasteiger partial charge in [-0.15, -0.1) is 0 Å². The first-order valence-electron chi connectivity index (χ1n) is 6.84. The SMILES string of the molecule is CON=Cc1c(N)ncnc1Nc1cccc2c1CCC2. The molecule has 0 atom stereocenters. The lowest BCUT2D eigenvalue weighted by Crippen LogP contribution is -2.06. The van der Waals surface area contributed by atoms with Crippen LogP contribution in [0.15, 0.2) is 29.7 Å². The molecule has 0 amide bonds.